The maximum absolute atomic E-state index is 12.2. The first-order valence-corrected chi connectivity index (χ1v) is 3.03. The minimum Gasteiger partial charge on any atom is -0.547 e. The number of hydrogen-bond acceptors (Lipinski definition) is 3. The summed E-state index contributed by atoms with van der Waals surface area (Å²) < 4.78 is 12.2. The van der Waals surface area contributed by atoms with E-state index in [1.807, 2.05) is 0 Å². The summed E-state index contributed by atoms with van der Waals surface area (Å²) in [6.45, 7) is 1.23. The molecule has 0 aliphatic carbocycles. The molecule has 0 aliphatic rings. The van der Waals surface area contributed by atoms with Gasteiger partial charge in [-0.1, -0.05) is 6.92 Å². The third-order valence-electron chi connectivity index (χ3n) is 1.24. The molecule has 0 heterocycles. The van der Waals surface area contributed by atoms with Gasteiger partial charge in [-0.3, -0.25) is 4.79 Å². The van der Waals surface area contributed by atoms with Gasteiger partial charge in [-0.05, 0) is 6.42 Å². The number of hydrogen-bond donors (Lipinski definition) is 1. The van der Waals surface area contributed by atoms with Gasteiger partial charge in [-0.2, -0.15) is 0 Å². The fourth-order valence-corrected chi connectivity index (χ4v) is 0.507. The zero-order valence-corrected chi connectivity index (χ0v) is 10.0. The van der Waals surface area contributed by atoms with E-state index in [4.69, 9.17) is 5.11 Å². The summed E-state index contributed by atoms with van der Waals surface area (Å²) >= 11 is 0. The second-order valence-electron chi connectivity index (χ2n) is 2.26. The Morgan fingerprint density at radius 3 is 2.25 bits per heavy atom. The normalized spacial score (nSPS) is 14.2. The summed E-state index contributed by atoms with van der Waals surface area (Å²) in [4.78, 5) is 19.9. The monoisotopic (exact) mass is 202 g/mol. The van der Waals surface area contributed by atoms with Gasteiger partial charge in [0.15, 0.2) is 0 Å². The molecule has 0 rings (SSSR count). The molecule has 0 bridgehead atoms. The molecule has 0 aromatic heterocycles. The van der Waals surface area contributed by atoms with Crippen LogP contribution in [0.4, 0.5) is 4.39 Å². The third kappa shape index (κ3) is 6.07. The van der Waals surface area contributed by atoms with E-state index in [1.54, 1.807) is 0 Å². The summed E-state index contributed by atoms with van der Waals surface area (Å²) in [7, 11) is 0. The topological polar surface area (TPSA) is 77.4 Å². The Kier molecular flexibility index (Phi) is 8.70. The van der Waals surface area contributed by atoms with E-state index in [1.165, 1.54) is 6.92 Å². The number of carbonyl (C=O) groups is 2. The van der Waals surface area contributed by atoms with Gasteiger partial charge in [0.25, 0.3) is 0 Å². The van der Waals surface area contributed by atoms with Crippen LogP contribution in [0.5, 0.6) is 0 Å². The quantitative estimate of drug-likeness (QED) is 0.474. The molecule has 6 heteroatoms. The van der Waals surface area contributed by atoms with Crippen LogP contribution >= 0.6 is 0 Å². The van der Waals surface area contributed by atoms with Gasteiger partial charge in [0.05, 0.1) is 11.9 Å². The fraction of sp³-hybridized carbons (Fsp3) is 0.667. The number of carboxylic acids is 2. The standard InChI is InChI=1S/C6H9FO4.K/c1-3(5(8)9)2-4(7)6(10)11;/h3-4H,2H2,1H3,(H,8,9)(H,10,11);/q;+1/p-1/t3?,4-;/m0./s1. The summed E-state index contributed by atoms with van der Waals surface area (Å²) in [5, 5.41) is 18.0. The average Bonchev–Trinajstić information content (AvgIpc) is 1.87. The molecule has 0 spiro atoms. The molecule has 12 heavy (non-hydrogen) atoms. The summed E-state index contributed by atoms with van der Waals surface area (Å²) in [5.74, 6) is -4.07. The van der Waals surface area contributed by atoms with Crippen molar-refractivity contribution in [1.29, 1.82) is 0 Å². The van der Waals surface area contributed by atoms with E-state index in [9.17, 15) is 19.1 Å². The zero-order chi connectivity index (χ0) is 9.02. The second-order valence-corrected chi connectivity index (χ2v) is 2.26. The number of rotatable bonds is 4. The smallest absolute Gasteiger partial charge is 0.547 e. The molecule has 0 saturated carbocycles. The van der Waals surface area contributed by atoms with Crippen LogP contribution in [-0.2, 0) is 9.59 Å². The van der Waals surface area contributed by atoms with Crippen molar-refractivity contribution in [2.45, 2.75) is 19.5 Å². The van der Waals surface area contributed by atoms with Crippen LogP contribution in [-0.4, -0.2) is 23.2 Å². The van der Waals surface area contributed by atoms with Crippen molar-refractivity contribution >= 4 is 11.9 Å². The van der Waals surface area contributed by atoms with Gasteiger partial charge in [-0.25, -0.2) is 4.39 Å². The fourth-order valence-electron chi connectivity index (χ4n) is 0.507. The Hall–Kier alpha value is 0.506. The molecule has 64 valence electrons. The molecule has 0 amide bonds. The SMILES string of the molecule is CC(C[C@H](F)C(=O)[O-])C(=O)O.[K+]. The molecule has 0 aromatic carbocycles. The van der Waals surface area contributed by atoms with Crippen LogP contribution in [0.1, 0.15) is 13.3 Å². The molecule has 0 fully saturated rings. The predicted molar refractivity (Wildman–Crippen MR) is 31.3 cm³/mol. The minimum absolute atomic E-state index is 0. The van der Waals surface area contributed by atoms with Crippen molar-refractivity contribution in [3.05, 3.63) is 0 Å². The second kappa shape index (κ2) is 6.96. The predicted octanol–water partition coefficient (Wildman–Crippen LogP) is -3.81. The van der Waals surface area contributed by atoms with Gasteiger partial charge >= 0.3 is 57.4 Å². The van der Waals surface area contributed by atoms with Crippen LogP contribution in [0.25, 0.3) is 0 Å². The van der Waals surface area contributed by atoms with Gasteiger partial charge in [0.1, 0.15) is 6.17 Å². The summed E-state index contributed by atoms with van der Waals surface area (Å²) in [5.41, 5.74) is 0. The Morgan fingerprint density at radius 2 is 2.00 bits per heavy atom. The molecular formula is C6H8FKO4. The minimum atomic E-state index is -2.19. The Bertz CT molecular complexity index is 155. The van der Waals surface area contributed by atoms with Crippen LogP contribution in [0, 0.1) is 5.92 Å². The van der Waals surface area contributed by atoms with E-state index in [-0.39, 0.29) is 51.4 Å². The van der Waals surface area contributed by atoms with Crippen molar-refractivity contribution in [1.82, 2.24) is 0 Å². The van der Waals surface area contributed by atoms with Crippen LogP contribution in [0.2, 0.25) is 0 Å². The molecular weight excluding hydrogens is 194 g/mol. The largest absolute Gasteiger partial charge is 1.00 e. The first-order valence-electron chi connectivity index (χ1n) is 3.03. The number of alkyl halides is 1. The Labute approximate surface area is 112 Å². The summed E-state index contributed by atoms with van der Waals surface area (Å²) in [6, 6.07) is 0. The maximum atomic E-state index is 12.2. The first-order chi connectivity index (χ1) is 4.95. The van der Waals surface area contributed by atoms with Gasteiger partial charge in [0.2, 0.25) is 0 Å². The number of halogens is 1. The Balaban J connectivity index is 0. The van der Waals surface area contributed by atoms with E-state index in [0.717, 1.165) is 0 Å². The molecule has 0 aliphatic heterocycles. The maximum Gasteiger partial charge on any atom is 1.00 e. The molecule has 1 N–H and O–H groups in total. The first kappa shape index (κ1) is 15.0. The van der Waals surface area contributed by atoms with E-state index in [0.29, 0.717) is 0 Å². The van der Waals surface area contributed by atoms with Crippen LogP contribution < -0.4 is 56.5 Å². The van der Waals surface area contributed by atoms with Crippen molar-refractivity contribution in [2.24, 2.45) is 5.92 Å². The molecule has 2 atom stereocenters. The zero-order valence-electron chi connectivity index (χ0n) is 6.91. The molecule has 0 aromatic rings. The van der Waals surface area contributed by atoms with Crippen molar-refractivity contribution in [2.75, 3.05) is 0 Å². The molecule has 1 unspecified atom stereocenters. The molecule has 0 saturated heterocycles. The average molecular weight is 202 g/mol. The van der Waals surface area contributed by atoms with Crippen molar-refractivity contribution < 1.29 is 75.6 Å². The van der Waals surface area contributed by atoms with Gasteiger partial charge in [0, 0.05) is 0 Å². The Morgan fingerprint density at radius 1 is 1.58 bits per heavy atom. The summed E-state index contributed by atoms with van der Waals surface area (Å²) in [6.07, 6.45) is -2.74. The van der Waals surface area contributed by atoms with Crippen molar-refractivity contribution in [3.63, 3.8) is 0 Å². The number of carbonyl (C=O) groups excluding carboxylic acids is 1. The van der Waals surface area contributed by atoms with Gasteiger partial charge < -0.3 is 15.0 Å². The number of carboxylic acid groups (broad SMARTS) is 2. The van der Waals surface area contributed by atoms with Crippen LogP contribution in [0.15, 0.2) is 0 Å². The van der Waals surface area contributed by atoms with Crippen molar-refractivity contribution in [3.8, 4) is 0 Å². The van der Waals surface area contributed by atoms with Crippen LogP contribution in [0.3, 0.4) is 0 Å². The van der Waals surface area contributed by atoms with Gasteiger partial charge in [-0.15, -0.1) is 0 Å². The van der Waals surface area contributed by atoms with E-state index < -0.39 is 30.4 Å². The van der Waals surface area contributed by atoms with E-state index >= 15 is 0 Å². The van der Waals surface area contributed by atoms with E-state index in [2.05, 4.69) is 0 Å². The number of aliphatic carboxylic acids is 2. The third-order valence-corrected chi connectivity index (χ3v) is 1.24. The molecule has 0 radical (unpaired) electrons. The molecule has 4 nitrogen and oxygen atoms in total.